The number of rotatable bonds is 8. The van der Waals surface area contributed by atoms with E-state index in [-0.39, 0.29) is 24.6 Å². The Morgan fingerprint density at radius 3 is 2.66 bits per heavy atom. The van der Waals surface area contributed by atoms with Crippen molar-refractivity contribution < 1.29 is 14.0 Å². The maximum atomic E-state index is 14.7. The number of carbonyl (C=O) groups is 2. The van der Waals surface area contributed by atoms with Gasteiger partial charge in [0.15, 0.2) is 10.8 Å². The maximum absolute atomic E-state index is 14.7. The van der Waals surface area contributed by atoms with Gasteiger partial charge < -0.3 is 11.1 Å². The topological polar surface area (TPSA) is 132 Å². The zero-order chi connectivity index (χ0) is 30.2. The number of likely N-dealkylation sites (tertiary alicyclic amines) is 1. The molecular formula is C32H31FN8O2S. The number of nitrogens with two attached hydrogens (primary N) is 1. The van der Waals surface area contributed by atoms with Crippen LogP contribution in [-0.4, -0.2) is 67.0 Å². The van der Waals surface area contributed by atoms with Gasteiger partial charge in [-0.3, -0.25) is 19.2 Å². The van der Waals surface area contributed by atoms with Crippen molar-refractivity contribution in [3.63, 3.8) is 0 Å². The Balaban J connectivity index is 1.05. The number of alkyl halides is 1. The summed E-state index contributed by atoms with van der Waals surface area (Å²) in [7, 11) is 0. The molecule has 0 bridgehead atoms. The largest absolute Gasteiger partial charge is 0.364 e. The number of fused-ring (bicyclic) bond motifs is 2. The molecule has 1 fully saturated rings. The Morgan fingerprint density at radius 2 is 1.84 bits per heavy atom. The number of halogens is 1. The van der Waals surface area contributed by atoms with Crippen LogP contribution < -0.4 is 11.1 Å². The molecule has 3 aromatic heterocycles. The lowest BCUT2D eigenvalue weighted by Crippen LogP contribution is -2.41. The monoisotopic (exact) mass is 610 g/mol. The molecule has 3 N–H and O–H groups in total. The van der Waals surface area contributed by atoms with Crippen molar-refractivity contribution in [3.05, 3.63) is 77.1 Å². The maximum Gasteiger partial charge on any atom is 0.269 e. The third kappa shape index (κ3) is 5.58. The number of anilines is 1. The highest BCUT2D eigenvalue weighted by Gasteiger charge is 2.37. The number of amides is 2. The molecule has 0 radical (unpaired) electrons. The second kappa shape index (κ2) is 11.9. The minimum atomic E-state index is -1.12. The summed E-state index contributed by atoms with van der Waals surface area (Å²) in [4.78, 5) is 32.1. The van der Waals surface area contributed by atoms with Gasteiger partial charge in [-0.2, -0.15) is 15.3 Å². The third-order valence-electron chi connectivity index (χ3n) is 8.53. The van der Waals surface area contributed by atoms with E-state index in [0.29, 0.717) is 23.6 Å². The van der Waals surface area contributed by atoms with Gasteiger partial charge in [0.2, 0.25) is 5.91 Å². The van der Waals surface area contributed by atoms with Crippen LogP contribution in [0.25, 0.3) is 33.3 Å². The van der Waals surface area contributed by atoms with Crippen molar-refractivity contribution in [1.82, 2.24) is 29.9 Å². The first-order chi connectivity index (χ1) is 21.4. The standard InChI is InChI=1S/C32H31FN8O2S/c33-24-15-28(31(43)38-32-37-26(18-44-32)22-6-5-19-3-1-2-4-20(19)13-22)40(17-24)11-12-41-27-8-7-21(23-9-10-35-36-16-23)14-25(27)29(39-41)30(34)42/h5-10,13-14,16,18,24,28H,1-4,11-12,15,17H2,(H2,34,42)(H,37,38,43)/t24-,28+/m1/s1. The summed E-state index contributed by atoms with van der Waals surface area (Å²) in [6.45, 7) is 0.843. The predicted molar refractivity (Wildman–Crippen MR) is 167 cm³/mol. The molecule has 2 aliphatic rings. The van der Waals surface area contributed by atoms with E-state index in [9.17, 15) is 14.0 Å². The van der Waals surface area contributed by atoms with Gasteiger partial charge in [0, 0.05) is 41.4 Å². The fourth-order valence-corrected chi connectivity index (χ4v) is 7.03. The van der Waals surface area contributed by atoms with Gasteiger partial charge in [-0.05, 0) is 66.6 Å². The lowest BCUT2D eigenvalue weighted by atomic mass is 9.90. The number of benzene rings is 2. The summed E-state index contributed by atoms with van der Waals surface area (Å²) in [5.74, 6) is -0.922. The zero-order valence-corrected chi connectivity index (χ0v) is 24.8. The summed E-state index contributed by atoms with van der Waals surface area (Å²) < 4.78 is 16.3. The van der Waals surface area contributed by atoms with Crippen LogP contribution in [0, 0.1) is 0 Å². The predicted octanol–water partition coefficient (Wildman–Crippen LogP) is 4.65. The van der Waals surface area contributed by atoms with Gasteiger partial charge in [0.1, 0.15) is 6.17 Å². The molecular weight excluding hydrogens is 579 g/mol. The van der Waals surface area contributed by atoms with Crippen LogP contribution in [0.1, 0.15) is 40.9 Å². The van der Waals surface area contributed by atoms with Crippen LogP contribution in [0.5, 0.6) is 0 Å². The van der Waals surface area contributed by atoms with Crippen LogP contribution in [0.2, 0.25) is 0 Å². The lowest BCUT2D eigenvalue weighted by Gasteiger charge is -2.22. The van der Waals surface area contributed by atoms with Crippen LogP contribution in [0.4, 0.5) is 9.52 Å². The number of thiazole rings is 1. The first-order valence-electron chi connectivity index (χ1n) is 14.8. The molecule has 0 saturated carbocycles. The molecule has 2 amide bonds. The number of aryl methyl sites for hydroxylation is 2. The molecule has 4 heterocycles. The normalized spacial score (nSPS) is 18.4. The van der Waals surface area contributed by atoms with Crippen molar-refractivity contribution in [2.45, 2.75) is 50.9 Å². The molecule has 12 heteroatoms. The van der Waals surface area contributed by atoms with E-state index < -0.39 is 18.1 Å². The van der Waals surface area contributed by atoms with E-state index >= 15 is 0 Å². The third-order valence-corrected chi connectivity index (χ3v) is 9.29. The van der Waals surface area contributed by atoms with Crippen LogP contribution >= 0.6 is 11.3 Å². The quantitative estimate of drug-likeness (QED) is 0.262. The summed E-state index contributed by atoms with van der Waals surface area (Å²) in [5, 5.41) is 18.2. The highest BCUT2D eigenvalue weighted by molar-refractivity contribution is 7.14. The molecule has 10 nitrogen and oxygen atoms in total. The molecule has 0 unspecified atom stereocenters. The zero-order valence-electron chi connectivity index (χ0n) is 23.9. The molecule has 2 aromatic carbocycles. The number of nitrogens with zero attached hydrogens (tertiary/aromatic N) is 6. The molecule has 1 saturated heterocycles. The van der Waals surface area contributed by atoms with E-state index in [1.54, 1.807) is 17.1 Å². The second-order valence-corrected chi connectivity index (χ2v) is 12.2. The number of hydrogen-bond acceptors (Lipinski definition) is 8. The van der Waals surface area contributed by atoms with E-state index in [1.165, 1.54) is 35.3 Å². The minimum absolute atomic E-state index is 0.102. The van der Waals surface area contributed by atoms with Crippen LogP contribution in [0.3, 0.4) is 0 Å². The van der Waals surface area contributed by atoms with Crippen LogP contribution in [0.15, 0.2) is 60.2 Å². The summed E-state index contributed by atoms with van der Waals surface area (Å²) in [6, 6.07) is 13.3. The first kappa shape index (κ1) is 28.2. The fraction of sp³-hybridized carbons (Fsp3) is 0.312. The van der Waals surface area contributed by atoms with E-state index in [4.69, 9.17) is 5.73 Å². The Morgan fingerprint density at radius 1 is 1.00 bits per heavy atom. The highest BCUT2D eigenvalue weighted by atomic mass is 32.1. The molecule has 5 aromatic rings. The van der Waals surface area contributed by atoms with Gasteiger partial charge in [-0.1, -0.05) is 18.2 Å². The van der Waals surface area contributed by atoms with Gasteiger partial charge in [0.05, 0.1) is 36.2 Å². The smallest absolute Gasteiger partial charge is 0.269 e. The number of carbonyl (C=O) groups excluding carboxylic acids is 2. The SMILES string of the molecule is NC(=O)c1nn(CCN2C[C@H](F)C[C@H]2C(=O)Nc2nc(-c3ccc4c(c3)CCCC4)cs2)c2ccc(-c3ccnnc3)cc12. The Labute approximate surface area is 257 Å². The van der Waals surface area contributed by atoms with Gasteiger partial charge in [-0.25, -0.2) is 9.37 Å². The molecule has 2 atom stereocenters. The molecule has 224 valence electrons. The van der Waals surface area contributed by atoms with Crippen molar-refractivity contribution in [1.29, 1.82) is 0 Å². The summed E-state index contributed by atoms with van der Waals surface area (Å²) in [6.07, 6.45) is 6.86. The average molecular weight is 611 g/mol. The highest BCUT2D eigenvalue weighted by Crippen LogP contribution is 2.31. The lowest BCUT2D eigenvalue weighted by molar-refractivity contribution is -0.120. The van der Waals surface area contributed by atoms with E-state index in [1.807, 2.05) is 34.5 Å². The second-order valence-electron chi connectivity index (χ2n) is 11.4. The fourth-order valence-electron chi connectivity index (χ4n) is 6.31. The van der Waals surface area contributed by atoms with E-state index in [2.05, 4.69) is 43.8 Å². The van der Waals surface area contributed by atoms with Crippen molar-refractivity contribution >= 4 is 39.2 Å². The molecule has 7 rings (SSSR count). The average Bonchev–Trinajstić information content (AvgIpc) is 3.77. The van der Waals surface area contributed by atoms with Crippen molar-refractivity contribution in [3.8, 4) is 22.4 Å². The molecule has 1 aliphatic heterocycles. The first-order valence-corrected chi connectivity index (χ1v) is 15.6. The van der Waals surface area contributed by atoms with Crippen molar-refractivity contribution in [2.75, 3.05) is 18.4 Å². The Hall–Kier alpha value is -4.55. The van der Waals surface area contributed by atoms with Crippen LogP contribution in [-0.2, 0) is 24.2 Å². The molecule has 44 heavy (non-hydrogen) atoms. The van der Waals surface area contributed by atoms with E-state index in [0.717, 1.165) is 40.7 Å². The van der Waals surface area contributed by atoms with Gasteiger partial charge in [-0.15, -0.1) is 11.3 Å². The molecule has 1 aliphatic carbocycles. The van der Waals surface area contributed by atoms with Gasteiger partial charge >= 0.3 is 0 Å². The Bertz CT molecular complexity index is 1860. The molecule has 0 spiro atoms. The van der Waals surface area contributed by atoms with Gasteiger partial charge in [0.25, 0.3) is 5.91 Å². The summed E-state index contributed by atoms with van der Waals surface area (Å²) in [5.41, 5.74) is 12.9. The Kier molecular flexibility index (Phi) is 7.61. The number of aromatic nitrogens is 5. The number of primary amides is 1. The number of nitrogens with one attached hydrogen (secondary N) is 1. The number of hydrogen-bond donors (Lipinski definition) is 2. The van der Waals surface area contributed by atoms with Crippen molar-refractivity contribution in [2.24, 2.45) is 5.73 Å². The summed E-state index contributed by atoms with van der Waals surface area (Å²) >= 11 is 1.37. The minimum Gasteiger partial charge on any atom is -0.364 e.